The van der Waals surface area contributed by atoms with Crippen LogP contribution in [-0.2, 0) is 0 Å². The number of rotatable bonds is 4. The minimum Gasteiger partial charge on any atom is -0.455 e. The quantitative estimate of drug-likeness (QED) is 0.347. The lowest BCUT2D eigenvalue weighted by molar-refractivity contribution is 0.574. The van der Waals surface area contributed by atoms with Gasteiger partial charge in [-0.25, -0.2) is 0 Å². The third kappa shape index (κ3) is 4.82. The number of anilines is 1. The summed E-state index contributed by atoms with van der Waals surface area (Å²) in [5.74, 6) is 1.20. The van der Waals surface area contributed by atoms with E-state index in [1.807, 2.05) is 42.5 Å². The summed E-state index contributed by atoms with van der Waals surface area (Å²) in [6.45, 7) is 0. The number of hydrazone groups is 1. The molecule has 1 aromatic heterocycles. The summed E-state index contributed by atoms with van der Waals surface area (Å²) >= 11 is 17.2. The smallest absolute Gasteiger partial charge is 0.191 e. The van der Waals surface area contributed by atoms with Gasteiger partial charge >= 0.3 is 0 Å². The van der Waals surface area contributed by atoms with Gasteiger partial charge in [0.25, 0.3) is 0 Å². The Bertz CT molecular complexity index is 910. The molecule has 3 aromatic rings. The van der Waals surface area contributed by atoms with Crippen molar-refractivity contribution in [2.75, 3.05) is 5.32 Å². The molecule has 2 aromatic carbocycles. The number of halogens is 2. The van der Waals surface area contributed by atoms with Crippen molar-refractivity contribution in [3.63, 3.8) is 0 Å². The second kappa shape index (κ2) is 8.16. The number of hydrogen-bond acceptors (Lipinski definition) is 3. The van der Waals surface area contributed by atoms with Crippen LogP contribution in [0.2, 0.25) is 10.0 Å². The molecular formula is C18H13Cl2N3OS. The Kier molecular flexibility index (Phi) is 5.71. The average molecular weight is 390 g/mol. The van der Waals surface area contributed by atoms with Crippen LogP contribution in [0.1, 0.15) is 5.76 Å². The van der Waals surface area contributed by atoms with Crippen LogP contribution in [0.5, 0.6) is 0 Å². The van der Waals surface area contributed by atoms with E-state index in [0.717, 1.165) is 11.3 Å². The fraction of sp³-hybridized carbons (Fsp3) is 0. The summed E-state index contributed by atoms with van der Waals surface area (Å²) in [5, 5.41) is 8.56. The predicted octanol–water partition coefficient (Wildman–Crippen LogP) is 5.57. The molecule has 25 heavy (non-hydrogen) atoms. The summed E-state index contributed by atoms with van der Waals surface area (Å²) in [4.78, 5) is 0. The van der Waals surface area contributed by atoms with Gasteiger partial charge in [-0.05, 0) is 54.7 Å². The molecule has 0 aliphatic carbocycles. The van der Waals surface area contributed by atoms with Gasteiger partial charge in [0, 0.05) is 16.3 Å². The van der Waals surface area contributed by atoms with Crippen molar-refractivity contribution in [2.24, 2.45) is 5.10 Å². The monoisotopic (exact) mass is 389 g/mol. The Morgan fingerprint density at radius 1 is 1.04 bits per heavy atom. The van der Waals surface area contributed by atoms with Crippen molar-refractivity contribution in [1.29, 1.82) is 0 Å². The van der Waals surface area contributed by atoms with Gasteiger partial charge < -0.3 is 9.73 Å². The number of furan rings is 1. The molecule has 1 heterocycles. The summed E-state index contributed by atoms with van der Waals surface area (Å²) in [7, 11) is 0. The van der Waals surface area contributed by atoms with E-state index in [9.17, 15) is 0 Å². The number of benzene rings is 2. The Morgan fingerprint density at radius 3 is 2.60 bits per heavy atom. The van der Waals surface area contributed by atoms with Gasteiger partial charge in [0.1, 0.15) is 11.5 Å². The zero-order chi connectivity index (χ0) is 17.6. The van der Waals surface area contributed by atoms with Crippen molar-refractivity contribution >= 4 is 52.4 Å². The van der Waals surface area contributed by atoms with E-state index in [4.69, 9.17) is 39.8 Å². The maximum atomic E-state index is 6.18. The molecule has 0 amide bonds. The van der Waals surface area contributed by atoms with E-state index in [1.54, 1.807) is 18.2 Å². The molecule has 0 aliphatic heterocycles. The molecule has 2 N–H and O–H groups in total. The molecule has 0 radical (unpaired) electrons. The maximum absolute atomic E-state index is 6.18. The normalized spacial score (nSPS) is 10.8. The lowest BCUT2D eigenvalue weighted by atomic mass is 10.2. The number of thiocarbonyl (C=S) groups is 1. The van der Waals surface area contributed by atoms with Crippen LogP contribution in [0.4, 0.5) is 5.69 Å². The van der Waals surface area contributed by atoms with Crippen molar-refractivity contribution < 1.29 is 4.42 Å². The number of para-hydroxylation sites is 1. The van der Waals surface area contributed by atoms with Gasteiger partial charge in [-0.15, -0.1) is 0 Å². The highest BCUT2D eigenvalue weighted by Crippen LogP contribution is 2.31. The second-order valence-electron chi connectivity index (χ2n) is 5.02. The fourth-order valence-corrected chi connectivity index (χ4v) is 2.76. The molecule has 7 heteroatoms. The lowest BCUT2D eigenvalue weighted by Gasteiger charge is -2.05. The Morgan fingerprint density at radius 2 is 1.84 bits per heavy atom. The molecule has 0 aliphatic rings. The standard InChI is InChI=1S/C18H13Cl2N3OS/c19-12-6-8-15(16(20)10-12)17-9-7-14(24-17)11-21-23-18(25)22-13-4-2-1-3-5-13/h1-11H,(H2,22,23,25). The number of nitrogens with zero attached hydrogens (tertiary/aromatic N) is 1. The van der Waals surface area contributed by atoms with Gasteiger partial charge in [0.2, 0.25) is 0 Å². The highest BCUT2D eigenvalue weighted by molar-refractivity contribution is 7.80. The predicted molar refractivity (Wildman–Crippen MR) is 108 cm³/mol. The Hall–Kier alpha value is -2.34. The van der Waals surface area contributed by atoms with Gasteiger partial charge in [0.05, 0.1) is 11.2 Å². The average Bonchev–Trinajstić information content (AvgIpc) is 3.04. The minimum absolute atomic E-state index is 0.384. The summed E-state index contributed by atoms with van der Waals surface area (Å²) < 4.78 is 5.71. The number of nitrogens with one attached hydrogen (secondary N) is 2. The van der Waals surface area contributed by atoms with E-state index in [1.165, 1.54) is 6.21 Å². The maximum Gasteiger partial charge on any atom is 0.191 e. The topological polar surface area (TPSA) is 49.6 Å². The summed E-state index contributed by atoms with van der Waals surface area (Å²) in [6, 6.07) is 18.4. The van der Waals surface area contributed by atoms with Gasteiger partial charge in [-0.1, -0.05) is 41.4 Å². The second-order valence-corrected chi connectivity index (χ2v) is 6.27. The van der Waals surface area contributed by atoms with Crippen LogP contribution < -0.4 is 10.7 Å². The summed E-state index contributed by atoms with van der Waals surface area (Å²) in [6.07, 6.45) is 1.53. The van der Waals surface area contributed by atoms with Crippen LogP contribution in [0, 0.1) is 0 Å². The van der Waals surface area contributed by atoms with E-state index in [0.29, 0.717) is 26.7 Å². The third-order valence-corrected chi connectivity index (χ3v) is 3.95. The molecule has 0 saturated carbocycles. The number of hydrogen-bond donors (Lipinski definition) is 2. The molecule has 126 valence electrons. The van der Waals surface area contributed by atoms with Gasteiger partial charge in [-0.3, -0.25) is 5.43 Å². The molecule has 0 bridgehead atoms. The lowest BCUT2D eigenvalue weighted by Crippen LogP contribution is -2.23. The molecule has 3 rings (SSSR count). The van der Waals surface area contributed by atoms with Gasteiger partial charge in [0.15, 0.2) is 5.11 Å². The largest absolute Gasteiger partial charge is 0.455 e. The molecule has 0 fully saturated rings. The zero-order valence-electron chi connectivity index (χ0n) is 12.9. The Balaban J connectivity index is 1.61. The van der Waals surface area contributed by atoms with Gasteiger partial charge in [-0.2, -0.15) is 5.10 Å². The molecule has 0 unspecified atom stereocenters. The highest BCUT2D eigenvalue weighted by atomic mass is 35.5. The van der Waals surface area contributed by atoms with E-state index < -0.39 is 0 Å². The fourth-order valence-electron chi connectivity index (χ4n) is 2.09. The van der Waals surface area contributed by atoms with Crippen LogP contribution in [0.25, 0.3) is 11.3 Å². The third-order valence-electron chi connectivity index (χ3n) is 3.21. The van der Waals surface area contributed by atoms with Crippen molar-refractivity contribution in [3.8, 4) is 11.3 Å². The van der Waals surface area contributed by atoms with Crippen LogP contribution in [0.15, 0.2) is 70.2 Å². The van der Waals surface area contributed by atoms with E-state index in [2.05, 4.69) is 15.8 Å². The SMILES string of the molecule is S=C(NN=Cc1ccc(-c2ccc(Cl)cc2Cl)o1)Nc1ccccc1. The first-order valence-electron chi connectivity index (χ1n) is 7.32. The van der Waals surface area contributed by atoms with Crippen molar-refractivity contribution in [1.82, 2.24) is 5.43 Å². The highest BCUT2D eigenvalue weighted by Gasteiger charge is 2.08. The minimum atomic E-state index is 0.384. The molecule has 0 spiro atoms. The molecular weight excluding hydrogens is 377 g/mol. The van der Waals surface area contributed by atoms with Crippen LogP contribution in [-0.4, -0.2) is 11.3 Å². The van der Waals surface area contributed by atoms with Crippen molar-refractivity contribution in [2.45, 2.75) is 0 Å². The molecule has 0 atom stereocenters. The molecule has 4 nitrogen and oxygen atoms in total. The first kappa shape index (κ1) is 17.5. The summed E-state index contributed by atoms with van der Waals surface area (Å²) in [5.41, 5.74) is 4.38. The first-order valence-corrected chi connectivity index (χ1v) is 8.48. The zero-order valence-corrected chi connectivity index (χ0v) is 15.2. The van der Waals surface area contributed by atoms with Crippen LogP contribution >= 0.6 is 35.4 Å². The molecule has 0 saturated heterocycles. The van der Waals surface area contributed by atoms with E-state index in [-0.39, 0.29) is 0 Å². The van der Waals surface area contributed by atoms with Crippen LogP contribution in [0.3, 0.4) is 0 Å². The Labute approximate surface area is 160 Å². The first-order chi connectivity index (χ1) is 12.1. The van der Waals surface area contributed by atoms with E-state index >= 15 is 0 Å². The van der Waals surface area contributed by atoms with Crippen molar-refractivity contribution in [3.05, 3.63) is 76.5 Å².